The van der Waals surface area contributed by atoms with Gasteiger partial charge in [0.05, 0.1) is 10.0 Å². The molecule has 0 bridgehead atoms. The predicted molar refractivity (Wildman–Crippen MR) is 134 cm³/mol. The summed E-state index contributed by atoms with van der Waals surface area (Å²) in [6, 6.07) is 8.42. The number of amides is 2. The Morgan fingerprint density at radius 1 is 1.30 bits per heavy atom. The number of anilines is 1. The first-order chi connectivity index (χ1) is 15.8. The second kappa shape index (κ2) is 11.3. The molecule has 10 heteroatoms. The standard InChI is InChI=1S/C23H28N4O4S2/c1-16(23(30)31)26(18-6-4-3-5-7-18)11-10-24-19(28)15-27-20(32)14-17(22(27)29)8-9-21-25(2)12-13-33-21/h3-9,16H,10-15H2,1-2H3,(H,24,28)(H,30,31)/b17-8+,21-9-. The molecule has 0 spiro atoms. The van der Waals surface area contributed by atoms with Gasteiger partial charge in [0.25, 0.3) is 5.91 Å². The third-order valence-corrected chi connectivity index (χ3v) is 7.03. The van der Waals surface area contributed by atoms with E-state index in [2.05, 4.69) is 10.2 Å². The second-order valence-corrected chi connectivity index (χ2v) is 9.41. The van der Waals surface area contributed by atoms with E-state index in [-0.39, 0.29) is 24.9 Å². The van der Waals surface area contributed by atoms with Gasteiger partial charge < -0.3 is 20.2 Å². The van der Waals surface area contributed by atoms with E-state index in [0.29, 0.717) is 23.5 Å². The highest BCUT2D eigenvalue weighted by Crippen LogP contribution is 2.27. The molecule has 0 saturated carbocycles. The number of allylic oxidation sites excluding steroid dienone is 2. The third kappa shape index (κ3) is 6.35. The Labute approximate surface area is 203 Å². The number of rotatable bonds is 9. The van der Waals surface area contributed by atoms with Gasteiger partial charge in [-0.1, -0.05) is 36.5 Å². The van der Waals surface area contributed by atoms with Crippen LogP contribution in [0.1, 0.15) is 13.3 Å². The summed E-state index contributed by atoms with van der Waals surface area (Å²) in [4.78, 5) is 42.3. The molecule has 3 rings (SSSR count). The molecule has 2 N–H and O–H groups in total. The van der Waals surface area contributed by atoms with Crippen LogP contribution in [0.2, 0.25) is 0 Å². The number of benzene rings is 1. The number of para-hydroxylation sites is 1. The number of likely N-dealkylation sites (tertiary alicyclic amines) is 1. The van der Waals surface area contributed by atoms with E-state index in [1.807, 2.05) is 43.5 Å². The number of carbonyl (C=O) groups excluding carboxylic acids is 2. The number of carboxylic acid groups (broad SMARTS) is 1. The molecule has 1 aromatic rings. The molecule has 1 unspecified atom stereocenters. The van der Waals surface area contributed by atoms with Gasteiger partial charge in [0.1, 0.15) is 12.6 Å². The number of hydrogen-bond acceptors (Lipinski definition) is 7. The lowest BCUT2D eigenvalue weighted by atomic mass is 10.2. The van der Waals surface area contributed by atoms with Crippen LogP contribution in [0.15, 0.2) is 53.1 Å². The molecule has 2 aliphatic rings. The summed E-state index contributed by atoms with van der Waals surface area (Å²) in [6.07, 6.45) is 4.07. The lowest BCUT2D eigenvalue weighted by Gasteiger charge is -2.29. The minimum atomic E-state index is -0.949. The molecule has 2 amide bonds. The van der Waals surface area contributed by atoms with Gasteiger partial charge >= 0.3 is 5.97 Å². The predicted octanol–water partition coefficient (Wildman–Crippen LogP) is 2.09. The SMILES string of the molecule is CC(C(=O)O)N(CCNC(=O)CN1C(=O)/C(=C/C=C2\SCCN2C)CC1=S)c1ccccc1. The van der Waals surface area contributed by atoms with E-state index < -0.39 is 12.0 Å². The maximum Gasteiger partial charge on any atom is 0.326 e. The van der Waals surface area contributed by atoms with Crippen molar-refractivity contribution in [3.63, 3.8) is 0 Å². The first kappa shape index (κ1) is 24.8. The Hall–Kier alpha value is -2.85. The number of carboxylic acids is 1. The maximum atomic E-state index is 12.7. The molecule has 33 heavy (non-hydrogen) atoms. The lowest BCUT2D eigenvalue weighted by Crippen LogP contribution is -2.45. The van der Waals surface area contributed by atoms with Crippen molar-refractivity contribution in [2.75, 3.05) is 43.9 Å². The third-order valence-electron chi connectivity index (χ3n) is 5.53. The molecule has 0 aromatic heterocycles. The molecular formula is C23H28N4O4S2. The second-order valence-electron chi connectivity index (χ2n) is 7.82. The van der Waals surface area contributed by atoms with Gasteiger partial charge in [0.15, 0.2) is 0 Å². The fraction of sp³-hybridized carbons (Fsp3) is 0.391. The van der Waals surface area contributed by atoms with Gasteiger partial charge in [0, 0.05) is 50.1 Å². The molecule has 2 fully saturated rings. The zero-order valence-electron chi connectivity index (χ0n) is 18.7. The van der Waals surface area contributed by atoms with Crippen LogP contribution < -0.4 is 10.2 Å². The maximum absolute atomic E-state index is 12.7. The summed E-state index contributed by atoms with van der Waals surface area (Å²) in [6.45, 7) is 2.97. The van der Waals surface area contributed by atoms with E-state index in [0.717, 1.165) is 23.0 Å². The molecule has 8 nitrogen and oxygen atoms in total. The summed E-state index contributed by atoms with van der Waals surface area (Å²) in [7, 11) is 2.01. The average molecular weight is 489 g/mol. The molecule has 2 saturated heterocycles. The van der Waals surface area contributed by atoms with Crippen LogP contribution >= 0.6 is 24.0 Å². The van der Waals surface area contributed by atoms with Crippen LogP contribution in [0.5, 0.6) is 0 Å². The summed E-state index contributed by atoms with van der Waals surface area (Å²) in [5.41, 5.74) is 1.33. The molecule has 176 valence electrons. The van der Waals surface area contributed by atoms with Gasteiger partial charge in [-0.15, -0.1) is 11.8 Å². The summed E-state index contributed by atoms with van der Waals surface area (Å²) < 4.78 is 0. The van der Waals surface area contributed by atoms with E-state index in [4.69, 9.17) is 12.2 Å². The minimum absolute atomic E-state index is 0.153. The molecule has 0 aliphatic carbocycles. The van der Waals surface area contributed by atoms with Crippen LogP contribution in [0.4, 0.5) is 5.69 Å². The smallest absolute Gasteiger partial charge is 0.326 e. The number of carbonyl (C=O) groups is 3. The highest BCUT2D eigenvalue weighted by Gasteiger charge is 2.32. The zero-order chi connectivity index (χ0) is 24.0. The molecular weight excluding hydrogens is 460 g/mol. The van der Waals surface area contributed by atoms with Crippen molar-refractivity contribution < 1.29 is 19.5 Å². The van der Waals surface area contributed by atoms with Crippen LogP contribution in [-0.4, -0.2) is 82.7 Å². The lowest BCUT2D eigenvalue weighted by molar-refractivity contribution is -0.138. The Kier molecular flexibility index (Phi) is 8.51. The van der Waals surface area contributed by atoms with E-state index in [1.165, 1.54) is 4.90 Å². The average Bonchev–Trinajstić information content (AvgIpc) is 3.32. The van der Waals surface area contributed by atoms with Crippen molar-refractivity contribution in [1.82, 2.24) is 15.1 Å². The van der Waals surface area contributed by atoms with Crippen LogP contribution in [0, 0.1) is 0 Å². The van der Waals surface area contributed by atoms with Crippen LogP contribution in [-0.2, 0) is 14.4 Å². The monoisotopic (exact) mass is 488 g/mol. The molecule has 1 aromatic carbocycles. The first-order valence-electron chi connectivity index (χ1n) is 10.7. The van der Waals surface area contributed by atoms with Gasteiger partial charge in [0.2, 0.25) is 5.91 Å². The van der Waals surface area contributed by atoms with Crippen molar-refractivity contribution in [3.8, 4) is 0 Å². The number of nitrogens with zero attached hydrogens (tertiary/aromatic N) is 3. The Morgan fingerprint density at radius 2 is 2.03 bits per heavy atom. The van der Waals surface area contributed by atoms with Crippen molar-refractivity contribution in [2.24, 2.45) is 0 Å². The number of nitrogens with one attached hydrogen (secondary N) is 1. The Morgan fingerprint density at radius 3 is 2.67 bits per heavy atom. The van der Waals surface area contributed by atoms with Gasteiger partial charge in [-0.05, 0) is 25.1 Å². The van der Waals surface area contributed by atoms with Crippen LogP contribution in [0.3, 0.4) is 0 Å². The van der Waals surface area contributed by atoms with Crippen molar-refractivity contribution in [2.45, 2.75) is 19.4 Å². The first-order valence-corrected chi connectivity index (χ1v) is 12.1. The normalized spacial score (nSPS) is 19.5. The topological polar surface area (TPSA) is 93.2 Å². The quantitative estimate of drug-likeness (QED) is 0.403. The molecule has 1 atom stereocenters. The fourth-order valence-corrected chi connectivity index (χ4v) is 4.93. The summed E-state index contributed by atoms with van der Waals surface area (Å²) >= 11 is 7.08. The number of thiocarbonyl (C=S) groups is 1. The molecule has 2 heterocycles. The Balaban J connectivity index is 1.55. The number of thioether (sulfide) groups is 1. The largest absolute Gasteiger partial charge is 0.480 e. The highest BCUT2D eigenvalue weighted by molar-refractivity contribution is 8.03. The highest BCUT2D eigenvalue weighted by atomic mass is 32.2. The van der Waals surface area contributed by atoms with Crippen molar-refractivity contribution in [3.05, 3.63) is 53.1 Å². The van der Waals surface area contributed by atoms with Crippen LogP contribution in [0.25, 0.3) is 0 Å². The molecule has 2 aliphatic heterocycles. The van der Waals surface area contributed by atoms with E-state index >= 15 is 0 Å². The minimum Gasteiger partial charge on any atom is -0.480 e. The van der Waals surface area contributed by atoms with Crippen molar-refractivity contribution >= 4 is 52.4 Å². The van der Waals surface area contributed by atoms with Gasteiger partial charge in [-0.25, -0.2) is 4.79 Å². The van der Waals surface area contributed by atoms with E-state index in [9.17, 15) is 19.5 Å². The molecule has 0 radical (unpaired) electrons. The summed E-state index contributed by atoms with van der Waals surface area (Å²) in [5.74, 6) is -0.512. The van der Waals surface area contributed by atoms with Gasteiger partial charge in [-0.3, -0.25) is 14.5 Å². The summed E-state index contributed by atoms with van der Waals surface area (Å²) in [5, 5.41) is 13.3. The fourth-order valence-electron chi connectivity index (χ4n) is 3.58. The number of aliphatic carboxylic acids is 1. The van der Waals surface area contributed by atoms with E-state index in [1.54, 1.807) is 29.7 Å². The van der Waals surface area contributed by atoms with Crippen molar-refractivity contribution in [1.29, 1.82) is 0 Å². The Bertz CT molecular complexity index is 980. The number of hydrogen-bond donors (Lipinski definition) is 2. The van der Waals surface area contributed by atoms with Gasteiger partial charge in [-0.2, -0.15) is 0 Å². The zero-order valence-corrected chi connectivity index (χ0v) is 20.3.